The summed E-state index contributed by atoms with van der Waals surface area (Å²) in [7, 11) is 1.67. The van der Waals surface area contributed by atoms with Crippen LogP contribution in [0.1, 0.15) is 47.4 Å². The van der Waals surface area contributed by atoms with Crippen LogP contribution in [0.2, 0.25) is 0 Å². The Kier molecular flexibility index (Phi) is 6.38. The number of nitrogens with two attached hydrogens (primary N) is 1. The molecule has 1 saturated carbocycles. The van der Waals surface area contributed by atoms with Gasteiger partial charge in [-0.15, -0.1) is 0 Å². The number of amides is 1. The number of methoxy groups -OCH3 is 1. The summed E-state index contributed by atoms with van der Waals surface area (Å²) in [5.74, 6) is -0.368. The zero-order valence-electron chi connectivity index (χ0n) is 17.2. The number of carbonyl (C=O) groups is 1. The highest BCUT2D eigenvalue weighted by Crippen LogP contribution is 2.50. The summed E-state index contributed by atoms with van der Waals surface area (Å²) in [5.41, 5.74) is 5.23. The molecule has 2 aliphatic rings. The Balaban J connectivity index is 1.63. The molecule has 4 rings (SSSR count). The monoisotopic (exact) mass is 465 g/mol. The van der Waals surface area contributed by atoms with Gasteiger partial charge in [0.05, 0.1) is 24.0 Å². The van der Waals surface area contributed by atoms with Crippen molar-refractivity contribution in [2.45, 2.75) is 37.3 Å². The van der Waals surface area contributed by atoms with Gasteiger partial charge in [-0.2, -0.15) is 0 Å². The average molecular weight is 466 g/mol. The van der Waals surface area contributed by atoms with Crippen molar-refractivity contribution in [1.29, 1.82) is 0 Å². The number of aliphatic imine (C=N–C) groups is 1. The molecule has 0 saturated heterocycles. The molecule has 11 heteroatoms. The number of thioether (sulfide) groups is 1. The first-order chi connectivity index (χ1) is 15.3. The Morgan fingerprint density at radius 1 is 1.34 bits per heavy atom. The van der Waals surface area contributed by atoms with E-state index in [1.807, 2.05) is 0 Å². The fourth-order valence-corrected chi connectivity index (χ4v) is 5.32. The minimum absolute atomic E-state index is 0.0201. The third-order valence-electron chi connectivity index (χ3n) is 5.96. The number of halogens is 3. The Bertz CT molecular complexity index is 1040. The van der Waals surface area contributed by atoms with Crippen LogP contribution >= 0.6 is 11.8 Å². The van der Waals surface area contributed by atoms with Gasteiger partial charge in [-0.1, -0.05) is 11.8 Å². The van der Waals surface area contributed by atoms with Crippen LogP contribution in [0.4, 0.5) is 18.9 Å². The second kappa shape index (κ2) is 9.07. The number of hydrogen-bond acceptors (Lipinski definition) is 7. The molecule has 1 amide bonds. The van der Waals surface area contributed by atoms with Crippen LogP contribution in [-0.2, 0) is 10.3 Å². The summed E-state index contributed by atoms with van der Waals surface area (Å²) in [6.45, 7) is 0. The lowest BCUT2D eigenvalue weighted by Gasteiger charge is -2.46. The maximum atomic E-state index is 15.1. The lowest BCUT2D eigenvalue weighted by molar-refractivity contribution is 0.0229. The molecule has 32 heavy (non-hydrogen) atoms. The molecule has 0 unspecified atom stereocenters. The highest BCUT2D eigenvalue weighted by molar-refractivity contribution is 8.13. The van der Waals surface area contributed by atoms with Crippen LogP contribution < -0.4 is 11.1 Å². The summed E-state index contributed by atoms with van der Waals surface area (Å²) in [5, 5.41) is 3.03. The number of hydrogen-bond donors (Lipinski definition) is 2. The van der Waals surface area contributed by atoms with E-state index in [-0.39, 0.29) is 17.7 Å². The molecule has 2 aromatic rings. The van der Waals surface area contributed by atoms with Gasteiger partial charge in [0, 0.05) is 30.0 Å². The minimum Gasteiger partial charge on any atom is -0.381 e. The number of carbonyl (C=O) groups excluding carboxylic acids is 1. The third kappa shape index (κ3) is 4.31. The van der Waals surface area contributed by atoms with E-state index in [4.69, 9.17) is 15.5 Å². The van der Waals surface area contributed by atoms with Gasteiger partial charge in [0.1, 0.15) is 17.2 Å². The number of amidine groups is 1. The molecule has 3 atom stereocenters. The molecule has 1 aromatic carbocycles. The van der Waals surface area contributed by atoms with Crippen LogP contribution in [0.5, 0.6) is 0 Å². The van der Waals surface area contributed by atoms with Crippen molar-refractivity contribution in [2.24, 2.45) is 16.6 Å². The second-order valence-corrected chi connectivity index (χ2v) is 8.83. The first-order valence-corrected chi connectivity index (χ1v) is 11.0. The zero-order valence-corrected chi connectivity index (χ0v) is 18.0. The molecular formula is C21H22F3N5O2S. The Morgan fingerprint density at radius 3 is 2.84 bits per heavy atom. The van der Waals surface area contributed by atoms with E-state index < -0.39 is 29.4 Å². The van der Waals surface area contributed by atoms with E-state index in [1.165, 1.54) is 23.9 Å². The first kappa shape index (κ1) is 22.5. The predicted octanol–water partition coefficient (Wildman–Crippen LogP) is 3.88. The van der Waals surface area contributed by atoms with Gasteiger partial charge < -0.3 is 15.8 Å². The van der Waals surface area contributed by atoms with Gasteiger partial charge in [-0.05, 0) is 37.5 Å². The number of ether oxygens (including phenoxy) is 1. The number of nitrogens with one attached hydrogen (secondary N) is 1. The number of rotatable bonds is 5. The van der Waals surface area contributed by atoms with Gasteiger partial charge in [0.25, 0.3) is 12.3 Å². The first-order valence-electron chi connectivity index (χ1n) is 10.0. The van der Waals surface area contributed by atoms with Crippen molar-refractivity contribution in [2.75, 3.05) is 18.2 Å². The fourth-order valence-electron chi connectivity index (χ4n) is 4.31. The molecule has 1 aliphatic carbocycles. The number of fused-ring (bicyclic) bond motifs is 1. The van der Waals surface area contributed by atoms with E-state index >= 15 is 4.39 Å². The lowest BCUT2D eigenvalue weighted by Crippen LogP contribution is -2.46. The highest BCUT2D eigenvalue weighted by Gasteiger charge is 2.48. The van der Waals surface area contributed by atoms with Crippen LogP contribution in [-0.4, -0.2) is 40.0 Å². The number of benzene rings is 1. The molecule has 2 heterocycles. The van der Waals surface area contributed by atoms with E-state index in [0.717, 1.165) is 18.8 Å². The molecule has 3 N–H and O–H groups in total. The number of anilines is 1. The van der Waals surface area contributed by atoms with Gasteiger partial charge >= 0.3 is 0 Å². The van der Waals surface area contributed by atoms with Crippen molar-refractivity contribution in [1.82, 2.24) is 9.97 Å². The molecule has 0 spiro atoms. The van der Waals surface area contributed by atoms with E-state index in [2.05, 4.69) is 15.3 Å². The molecule has 1 fully saturated rings. The Morgan fingerprint density at radius 2 is 2.16 bits per heavy atom. The quantitative estimate of drug-likeness (QED) is 0.695. The van der Waals surface area contributed by atoms with E-state index in [9.17, 15) is 13.6 Å². The number of aromatic nitrogens is 2. The zero-order chi connectivity index (χ0) is 22.9. The maximum absolute atomic E-state index is 15.1. The van der Waals surface area contributed by atoms with Gasteiger partial charge in [0.2, 0.25) is 0 Å². The van der Waals surface area contributed by atoms with Crippen molar-refractivity contribution in [3.05, 3.63) is 53.4 Å². The van der Waals surface area contributed by atoms with E-state index in [0.29, 0.717) is 35.0 Å². The van der Waals surface area contributed by atoms with E-state index in [1.54, 1.807) is 13.2 Å². The molecular weight excluding hydrogens is 443 g/mol. The minimum atomic E-state index is -2.78. The smallest absolute Gasteiger partial charge is 0.281 e. The summed E-state index contributed by atoms with van der Waals surface area (Å²) < 4.78 is 45.9. The lowest BCUT2D eigenvalue weighted by atomic mass is 9.68. The fraction of sp³-hybridized carbons (Fsp3) is 0.429. The van der Waals surface area contributed by atoms with Crippen molar-refractivity contribution in [3.63, 3.8) is 0 Å². The molecule has 170 valence electrons. The summed E-state index contributed by atoms with van der Waals surface area (Å²) in [4.78, 5) is 24.5. The average Bonchev–Trinajstić information content (AvgIpc) is 2.79. The van der Waals surface area contributed by atoms with Gasteiger partial charge in [-0.3, -0.25) is 14.8 Å². The summed E-state index contributed by atoms with van der Waals surface area (Å²) >= 11 is 1.44. The topological polar surface area (TPSA) is 102 Å². The van der Waals surface area contributed by atoms with Crippen LogP contribution in [0.15, 0.2) is 35.6 Å². The number of nitrogens with zero attached hydrogens (tertiary/aromatic N) is 3. The number of alkyl halides is 2. The predicted molar refractivity (Wildman–Crippen MR) is 115 cm³/mol. The van der Waals surface area contributed by atoms with Gasteiger partial charge in [-0.25, -0.2) is 18.2 Å². The van der Waals surface area contributed by atoms with Crippen molar-refractivity contribution >= 4 is 28.5 Å². The Hall–Kier alpha value is -2.66. The normalized spacial score (nSPS) is 25.2. The molecule has 7 nitrogen and oxygen atoms in total. The molecule has 0 bridgehead atoms. The SMILES string of the molecule is CO[C@H]1CC[C@]2(c3cc(NC(=O)c4cnc(C(F)F)cn4)ccc3F)N=C(N)SC[C@@H]2C1. The Labute approximate surface area is 187 Å². The highest BCUT2D eigenvalue weighted by atomic mass is 32.2. The van der Waals surface area contributed by atoms with Crippen LogP contribution in [0.25, 0.3) is 0 Å². The van der Waals surface area contributed by atoms with Crippen LogP contribution in [0.3, 0.4) is 0 Å². The largest absolute Gasteiger partial charge is 0.381 e. The van der Waals surface area contributed by atoms with Gasteiger partial charge in [0.15, 0.2) is 5.17 Å². The molecule has 0 radical (unpaired) electrons. The molecule has 1 aromatic heterocycles. The summed E-state index contributed by atoms with van der Waals surface area (Å²) in [6.07, 6.45) is 1.12. The van der Waals surface area contributed by atoms with Crippen molar-refractivity contribution < 1.29 is 22.7 Å². The maximum Gasteiger partial charge on any atom is 0.281 e. The third-order valence-corrected chi connectivity index (χ3v) is 6.92. The summed E-state index contributed by atoms with van der Waals surface area (Å²) in [6, 6.07) is 4.26. The van der Waals surface area contributed by atoms with Crippen LogP contribution in [0, 0.1) is 11.7 Å². The standard InChI is InChI=1S/C21H22F3N5O2S/c1-31-13-4-5-21(11(6-13)10-32-20(25)29-21)14-7-12(2-3-15(14)22)28-19(30)17-9-26-16(8-27-17)18(23)24/h2-3,7-9,11,13,18H,4-6,10H2,1H3,(H2,25,29)(H,28,30)/t11-,13-,21-/m0/s1. The molecule has 1 aliphatic heterocycles. The van der Waals surface area contributed by atoms with Crippen molar-refractivity contribution in [3.8, 4) is 0 Å². The second-order valence-electron chi connectivity index (χ2n) is 7.79.